The zero-order valence-corrected chi connectivity index (χ0v) is 10.6. The number of fused-ring (bicyclic) bond motifs is 1. The summed E-state index contributed by atoms with van der Waals surface area (Å²) in [5, 5.41) is 0. The van der Waals surface area contributed by atoms with Gasteiger partial charge in [-0.05, 0) is 30.5 Å². The number of rotatable bonds is 2. The molecule has 6 heteroatoms. The molecule has 0 atom stereocenters. The molecule has 100 valence electrons. The van der Waals surface area contributed by atoms with Gasteiger partial charge in [0, 0.05) is 7.05 Å². The Morgan fingerprint density at radius 2 is 2.21 bits per heavy atom. The van der Waals surface area contributed by atoms with Gasteiger partial charge in [0.2, 0.25) is 5.91 Å². The van der Waals surface area contributed by atoms with Crippen LogP contribution in [0.3, 0.4) is 0 Å². The highest BCUT2D eigenvalue weighted by molar-refractivity contribution is 5.98. The molecule has 2 aliphatic rings. The minimum Gasteiger partial charge on any atom is -0.482 e. The van der Waals surface area contributed by atoms with Crippen molar-refractivity contribution in [3.63, 3.8) is 0 Å². The summed E-state index contributed by atoms with van der Waals surface area (Å²) in [5.41, 5.74) is 3.25. The number of nitrogens with zero attached hydrogens (tertiary/aromatic N) is 1. The molecule has 3 rings (SSSR count). The lowest BCUT2D eigenvalue weighted by molar-refractivity contribution is -0.123. The summed E-state index contributed by atoms with van der Waals surface area (Å²) in [5.74, 6) is 5.61. The van der Waals surface area contributed by atoms with Crippen molar-refractivity contribution in [3.05, 3.63) is 23.8 Å². The van der Waals surface area contributed by atoms with Crippen molar-refractivity contribution >= 4 is 17.5 Å². The van der Waals surface area contributed by atoms with Gasteiger partial charge < -0.3 is 9.64 Å². The third-order valence-corrected chi connectivity index (χ3v) is 3.91. The second kappa shape index (κ2) is 3.96. The topological polar surface area (TPSA) is 84.7 Å². The van der Waals surface area contributed by atoms with Gasteiger partial charge in [-0.15, -0.1) is 0 Å². The lowest BCUT2D eigenvalue weighted by Gasteiger charge is -2.27. The molecule has 0 saturated heterocycles. The molecule has 3 N–H and O–H groups in total. The summed E-state index contributed by atoms with van der Waals surface area (Å²) in [6.07, 6.45) is 1.54. The van der Waals surface area contributed by atoms with Crippen LogP contribution in [0.5, 0.6) is 5.75 Å². The van der Waals surface area contributed by atoms with Crippen LogP contribution in [0.15, 0.2) is 18.2 Å². The Hall–Kier alpha value is -2.08. The first-order valence-corrected chi connectivity index (χ1v) is 6.13. The maximum atomic E-state index is 11.9. The fourth-order valence-corrected chi connectivity index (χ4v) is 2.48. The van der Waals surface area contributed by atoms with Crippen LogP contribution >= 0.6 is 0 Å². The quantitative estimate of drug-likeness (QED) is 0.448. The van der Waals surface area contributed by atoms with Crippen molar-refractivity contribution in [2.75, 3.05) is 18.6 Å². The van der Waals surface area contributed by atoms with Crippen LogP contribution in [0.25, 0.3) is 0 Å². The number of carbonyl (C=O) groups is 2. The highest BCUT2D eigenvalue weighted by Gasteiger charge is 2.51. The van der Waals surface area contributed by atoms with Crippen LogP contribution in [0.4, 0.5) is 5.69 Å². The standard InChI is InChI=1S/C13H15N3O3/c1-16-9-6-8(13(4-5-13)12(18)15-14)2-3-10(9)19-7-11(16)17/h2-3,6H,4-5,7,14H2,1H3,(H,15,18). The molecule has 0 aromatic heterocycles. The predicted octanol–water partition coefficient (Wildman–Crippen LogP) is 0.0633. The Bertz CT molecular complexity index is 566. The predicted molar refractivity (Wildman–Crippen MR) is 68.6 cm³/mol. The van der Waals surface area contributed by atoms with Crippen molar-refractivity contribution in [3.8, 4) is 5.75 Å². The maximum Gasteiger partial charge on any atom is 0.264 e. The van der Waals surface area contributed by atoms with E-state index >= 15 is 0 Å². The smallest absolute Gasteiger partial charge is 0.264 e. The van der Waals surface area contributed by atoms with E-state index in [0.717, 1.165) is 18.4 Å². The lowest BCUT2D eigenvalue weighted by atomic mass is 9.94. The van der Waals surface area contributed by atoms with Crippen LogP contribution in [0, 0.1) is 0 Å². The van der Waals surface area contributed by atoms with Crippen molar-refractivity contribution < 1.29 is 14.3 Å². The lowest BCUT2D eigenvalue weighted by Crippen LogP contribution is -2.39. The zero-order chi connectivity index (χ0) is 13.6. The van der Waals surface area contributed by atoms with Gasteiger partial charge in [0.05, 0.1) is 11.1 Å². The van der Waals surface area contributed by atoms with Gasteiger partial charge in [0.15, 0.2) is 6.61 Å². The van der Waals surface area contributed by atoms with E-state index in [1.54, 1.807) is 18.0 Å². The third-order valence-electron chi connectivity index (χ3n) is 3.91. The van der Waals surface area contributed by atoms with Gasteiger partial charge in [-0.1, -0.05) is 6.07 Å². The molecule has 0 unspecified atom stereocenters. The molecule has 0 radical (unpaired) electrons. The van der Waals surface area contributed by atoms with Crippen LogP contribution in [-0.4, -0.2) is 25.5 Å². The highest BCUT2D eigenvalue weighted by atomic mass is 16.5. The number of carbonyl (C=O) groups excluding carboxylic acids is 2. The Morgan fingerprint density at radius 3 is 2.84 bits per heavy atom. The van der Waals surface area contributed by atoms with Crippen molar-refractivity contribution in [1.82, 2.24) is 5.43 Å². The number of hydrogen-bond acceptors (Lipinski definition) is 4. The summed E-state index contributed by atoms with van der Waals surface area (Å²) in [6.45, 7) is 0.0529. The molecule has 1 aliphatic heterocycles. The summed E-state index contributed by atoms with van der Waals surface area (Å²) in [6, 6.07) is 5.51. The molecule has 19 heavy (non-hydrogen) atoms. The van der Waals surface area contributed by atoms with Gasteiger partial charge in [-0.3, -0.25) is 15.0 Å². The molecule has 1 aromatic rings. The van der Waals surface area contributed by atoms with E-state index in [-0.39, 0.29) is 18.4 Å². The average Bonchev–Trinajstić information content (AvgIpc) is 3.23. The van der Waals surface area contributed by atoms with Gasteiger partial charge in [0.25, 0.3) is 5.91 Å². The third kappa shape index (κ3) is 1.67. The monoisotopic (exact) mass is 261 g/mol. The first-order valence-electron chi connectivity index (χ1n) is 6.13. The first-order chi connectivity index (χ1) is 9.08. The Labute approximate surface area is 110 Å². The molecular formula is C13H15N3O3. The minimum absolute atomic E-state index is 0.0529. The number of amides is 2. The molecule has 1 heterocycles. The molecule has 1 fully saturated rings. The van der Waals surface area contributed by atoms with E-state index in [2.05, 4.69) is 5.43 Å². The maximum absolute atomic E-state index is 11.9. The van der Waals surface area contributed by atoms with Crippen molar-refractivity contribution in [2.24, 2.45) is 5.84 Å². The van der Waals surface area contributed by atoms with E-state index in [4.69, 9.17) is 10.6 Å². The molecular weight excluding hydrogens is 246 g/mol. The zero-order valence-electron chi connectivity index (χ0n) is 10.6. The van der Waals surface area contributed by atoms with Crippen molar-refractivity contribution in [2.45, 2.75) is 18.3 Å². The highest BCUT2D eigenvalue weighted by Crippen LogP contribution is 2.50. The molecule has 1 aromatic carbocycles. The molecule has 6 nitrogen and oxygen atoms in total. The van der Waals surface area contributed by atoms with Gasteiger partial charge in [0.1, 0.15) is 5.75 Å². The SMILES string of the molecule is CN1C(=O)COc2ccc(C3(C(=O)NN)CC3)cc21. The Morgan fingerprint density at radius 1 is 1.47 bits per heavy atom. The Kier molecular flexibility index (Phi) is 2.50. The normalized spacial score (nSPS) is 19.5. The number of likely N-dealkylation sites (N-methyl/N-ethyl adjacent to an activating group) is 1. The summed E-state index contributed by atoms with van der Waals surface area (Å²) in [4.78, 5) is 25.0. The van der Waals surface area contributed by atoms with Gasteiger partial charge >= 0.3 is 0 Å². The van der Waals surface area contributed by atoms with E-state index < -0.39 is 5.41 Å². The van der Waals surface area contributed by atoms with Gasteiger partial charge in [-0.2, -0.15) is 0 Å². The number of hydrazine groups is 1. The van der Waals surface area contributed by atoms with Gasteiger partial charge in [-0.25, -0.2) is 5.84 Å². The van der Waals surface area contributed by atoms with E-state index in [0.29, 0.717) is 11.4 Å². The average molecular weight is 261 g/mol. The largest absolute Gasteiger partial charge is 0.482 e. The summed E-state index contributed by atoms with van der Waals surface area (Å²) >= 11 is 0. The number of nitrogens with one attached hydrogen (secondary N) is 1. The van der Waals surface area contributed by atoms with E-state index in [1.807, 2.05) is 12.1 Å². The first kappa shape index (κ1) is 12.0. The van der Waals surface area contributed by atoms with Crippen LogP contribution < -0.4 is 20.9 Å². The van der Waals surface area contributed by atoms with Crippen molar-refractivity contribution in [1.29, 1.82) is 0 Å². The van der Waals surface area contributed by atoms with E-state index in [1.165, 1.54) is 0 Å². The number of benzene rings is 1. The molecule has 0 bridgehead atoms. The van der Waals surface area contributed by atoms with Crippen LogP contribution in [0.1, 0.15) is 18.4 Å². The summed E-state index contributed by atoms with van der Waals surface area (Å²) in [7, 11) is 1.70. The molecule has 1 aliphatic carbocycles. The number of anilines is 1. The fourth-order valence-electron chi connectivity index (χ4n) is 2.48. The minimum atomic E-state index is -0.537. The van der Waals surface area contributed by atoms with Crippen LogP contribution in [0.2, 0.25) is 0 Å². The second-order valence-corrected chi connectivity index (χ2v) is 4.98. The molecule has 1 saturated carbocycles. The molecule has 0 spiro atoms. The summed E-state index contributed by atoms with van der Waals surface area (Å²) < 4.78 is 5.36. The van der Waals surface area contributed by atoms with E-state index in [9.17, 15) is 9.59 Å². The number of nitrogens with two attached hydrogens (primary N) is 1. The fraction of sp³-hybridized carbons (Fsp3) is 0.385. The van der Waals surface area contributed by atoms with Crippen LogP contribution in [-0.2, 0) is 15.0 Å². The number of hydrogen-bond donors (Lipinski definition) is 2. The second-order valence-electron chi connectivity index (χ2n) is 4.98. The number of ether oxygens (including phenoxy) is 1. The Balaban J connectivity index is 2.02. The molecule has 2 amide bonds.